The van der Waals surface area contributed by atoms with Crippen LogP contribution in [0, 0.1) is 0 Å². The summed E-state index contributed by atoms with van der Waals surface area (Å²) in [5.74, 6) is 1.13. The summed E-state index contributed by atoms with van der Waals surface area (Å²) in [6, 6.07) is 0. The number of ether oxygens (including phenoxy) is 1. The van der Waals surface area contributed by atoms with Crippen LogP contribution >= 0.6 is 11.5 Å². The SMILES string of the molecule is CCOc1c(N)nsc1NCCCn1ccnc1. The van der Waals surface area contributed by atoms with Crippen molar-refractivity contribution in [2.75, 3.05) is 24.2 Å². The second-order valence-electron chi connectivity index (χ2n) is 3.74. The second kappa shape index (κ2) is 6.25. The van der Waals surface area contributed by atoms with Crippen LogP contribution in [-0.4, -0.2) is 27.1 Å². The van der Waals surface area contributed by atoms with Crippen molar-refractivity contribution in [3.05, 3.63) is 18.7 Å². The van der Waals surface area contributed by atoms with Gasteiger partial charge >= 0.3 is 0 Å². The summed E-state index contributed by atoms with van der Waals surface area (Å²) in [5, 5.41) is 4.20. The van der Waals surface area contributed by atoms with Crippen molar-refractivity contribution in [3.8, 4) is 5.75 Å². The molecule has 2 rings (SSSR count). The Hall–Kier alpha value is -1.76. The highest BCUT2D eigenvalue weighted by Gasteiger charge is 2.11. The van der Waals surface area contributed by atoms with Gasteiger partial charge in [0, 0.05) is 25.5 Å². The van der Waals surface area contributed by atoms with E-state index in [2.05, 4.69) is 14.7 Å². The summed E-state index contributed by atoms with van der Waals surface area (Å²) < 4.78 is 11.6. The summed E-state index contributed by atoms with van der Waals surface area (Å²) in [6.07, 6.45) is 6.55. The molecule has 2 aromatic rings. The Labute approximate surface area is 110 Å². The molecule has 0 spiro atoms. The zero-order valence-corrected chi connectivity index (χ0v) is 11.1. The molecule has 2 heterocycles. The number of nitrogen functional groups attached to an aromatic ring is 1. The van der Waals surface area contributed by atoms with Crippen LogP contribution in [0.5, 0.6) is 5.75 Å². The molecule has 7 heteroatoms. The number of aromatic nitrogens is 3. The first kappa shape index (κ1) is 12.7. The minimum atomic E-state index is 0.457. The number of hydrogen-bond acceptors (Lipinski definition) is 6. The summed E-state index contributed by atoms with van der Waals surface area (Å²) >= 11 is 1.33. The lowest BCUT2D eigenvalue weighted by atomic mass is 10.4. The maximum absolute atomic E-state index is 5.73. The van der Waals surface area contributed by atoms with E-state index < -0.39 is 0 Å². The summed E-state index contributed by atoms with van der Waals surface area (Å²) in [5.41, 5.74) is 5.73. The molecule has 0 amide bonds. The Morgan fingerprint density at radius 3 is 3.17 bits per heavy atom. The van der Waals surface area contributed by atoms with E-state index in [9.17, 15) is 0 Å². The highest BCUT2D eigenvalue weighted by Crippen LogP contribution is 2.34. The molecular weight excluding hydrogens is 250 g/mol. The van der Waals surface area contributed by atoms with Gasteiger partial charge in [0.1, 0.15) is 0 Å². The third kappa shape index (κ3) is 3.13. The topological polar surface area (TPSA) is 78.0 Å². The fraction of sp³-hybridized carbons (Fsp3) is 0.455. The van der Waals surface area contributed by atoms with Gasteiger partial charge in [0.2, 0.25) is 0 Å². The number of nitrogens with one attached hydrogen (secondary N) is 1. The van der Waals surface area contributed by atoms with Crippen LogP contribution in [0.15, 0.2) is 18.7 Å². The van der Waals surface area contributed by atoms with E-state index in [4.69, 9.17) is 10.5 Å². The Morgan fingerprint density at radius 1 is 1.56 bits per heavy atom. The van der Waals surface area contributed by atoms with Gasteiger partial charge in [-0.2, -0.15) is 4.37 Å². The smallest absolute Gasteiger partial charge is 0.197 e. The largest absolute Gasteiger partial charge is 0.487 e. The van der Waals surface area contributed by atoms with Gasteiger partial charge in [-0.15, -0.1) is 0 Å². The number of imidazole rings is 1. The minimum absolute atomic E-state index is 0.457. The quantitative estimate of drug-likeness (QED) is 0.748. The van der Waals surface area contributed by atoms with Gasteiger partial charge in [-0.25, -0.2) is 4.98 Å². The van der Waals surface area contributed by atoms with E-state index in [1.54, 1.807) is 6.20 Å². The average molecular weight is 267 g/mol. The molecule has 0 aliphatic heterocycles. The van der Waals surface area contributed by atoms with Gasteiger partial charge < -0.3 is 20.4 Å². The number of nitrogens with two attached hydrogens (primary N) is 1. The van der Waals surface area contributed by atoms with Crippen LogP contribution in [0.2, 0.25) is 0 Å². The molecule has 0 aliphatic rings. The molecule has 0 aliphatic carbocycles. The van der Waals surface area contributed by atoms with E-state index in [0.717, 1.165) is 24.5 Å². The fourth-order valence-electron chi connectivity index (χ4n) is 1.57. The molecule has 0 radical (unpaired) electrons. The van der Waals surface area contributed by atoms with Gasteiger partial charge in [0.25, 0.3) is 0 Å². The van der Waals surface area contributed by atoms with E-state index in [0.29, 0.717) is 18.2 Å². The van der Waals surface area contributed by atoms with Crippen LogP contribution in [-0.2, 0) is 6.54 Å². The first-order valence-corrected chi connectivity index (χ1v) is 6.66. The van der Waals surface area contributed by atoms with Gasteiger partial charge in [-0.3, -0.25) is 0 Å². The molecule has 6 nitrogen and oxygen atoms in total. The number of anilines is 2. The molecule has 2 aromatic heterocycles. The standard InChI is InChI=1S/C11H17N5OS/c1-2-17-9-10(12)15-18-11(9)14-4-3-6-16-7-5-13-8-16/h5,7-8,14H,2-4,6H2,1H3,(H2,12,15). The van der Waals surface area contributed by atoms with Crippen molar-refractivity contribution in [2.24, 2.45) is 0 Å². The zero-order chi connectivity index (χ0) is 12.8. The predicted molar refractivity (Wildman–Crippen MR) is 73.0 cm³/mol. The van der Waals surface area contributed by atoms with Crippen molar-refractivity contribution in [1.82, 2.24) is 13.9 Å². The third-order valence-electron chi connectivity index (χ3n) is 2.40. The van der Waals surface area contributed by atoms with Gasteiger partial charge in [-0.1, -0.05) is 0 Å². The number of rotatable bonds is 7. The zero-order valence-electron chi connectivity index (χ0n) is 10.3. The summed E-state index contributed by atoms with van der Waals surface area (Å²) in [6.45, 7) is 4.30. The molecular formula is C11H17N5OS. The Balaban J connectivity index is 1.79. The second-order valence-corrected chi connectivity index (χ2v) is 4.51. The Kier molecular flexibility index (Phi) is 4.40. The first-order chi connectivity index (χ1) is 8.81. The third-order valence-corrected chi connectivity index (χ3v) is 3.20. The number of hydrogen-bond donors (Lipinski definition) is 2. The lowest BCUT2D eigenvalue weighted by Gasteiger charge is -2.07. The monoisotopic (exact) mass is 267 g/mol. The van der Waals surface area contributed by atoms with Crippen LogP contribution in [0.1, 0.15) is 13.3 Å². The molecule has 0 bridgehead atoms. The van der Waals surface area contributed by atoms with Crippen molar-refractivity contribution in [1.29, 1.82) is 0 Å². The predicted octanol–water partition coefficient (Wildman–Crippen LogP) is 1.82. The number of nitrogens with zero attached hydrogens (tertiary/aromatic N) is 3. The van der Waals surface area contributed by atoms with Crippen molar-refractivity contribution in [3.63, 3.8) is 0 Å². The fourth-order valence-corrected chi connectivity index (χ4v) is 2.26. The Bertz CT molecular complexity index is 468. The minimum Gasteiger partial charge on any atom is -0.487 e. The van der Waals surface area contributed by atoms with Crippen molar-refractivity contribution < 1.29 is 4.74 Å². The van der Waals surface area contributed by atoms with E-state index in [1.165, 1.54) is 11.5 Å². The maximum Gasteiger partial charge on any atom is 0.197 e. The van der Waals surface area contributed by atoms with Gasteiger partial charge in [0.05, 0.1) is 12.9 Å². The van der Waals surface area contributed by atoms with Crippen molar-refractivity contribution in [2.45, 2.75) is 19.9 Å². The highest BCUT2D eigenvalue weighted by molar-refractivity contribution is 7.11. The molecule has 3 N–H and O–H groups in total. The number of aryl methyl sites for hydroxylation is 1. The highest BCUT2D eigenvalue weighted by atomic mass is 32.1. The first-order valence-electron chi connectivity index (χ1n) is 5.88. The van der Waals surface area contributed by atoms with E-state index in [1.807, 2.05) is 24.0 Å². The van der Waals surface area contributed by atoms with Crippen molar-refractivity contribution >= 4 is 22.4 Å². The van der Waals surface area contributed by atoms with E-state index in [-0.39, 0.29) is 0 Å². The van der Waals surface area contributed by atoms with Gasteiger partial charge in [-0.05, 0) is 24.9 Å². The molecule has 0 aromatic carbocycles. The normalized spacial score (nSPS) is 10.5. The molecule has 0 saturated heterocycles. The van der Waals surface area contributed by atoms with Crippen LogP contribution in [0.25, 0.3) is 0 Å². The maximum atomic E-state index is 5.73. The molecule has 0 atom stereocenters. The average Bonchev–Trinajstić information content (AvgIpc) is 2.98. The summed E-state index contributed by atoms with van der Waals surface area (Å²) in [7, 11) is 0. The summed E-state index contributed by atoms with van der Waals surface area (Å²) in [4.78, 5) is 4.00. The Morgan fingerprint density at radius 2 is 2.44 bits per heavy atom. The molecule has 98 valence electrons. The lowest BCUT2D eigenvalue weighted by Crippen LogP contribution is -2.06. The van der Waals surface area contributed by atoms with Crippen LogP contribution < -0.4 is 15.8 Å². The molecule has 0 unspecified atom stereocenters. The van der Waals surface area contributed by atoms with Crippen LogP contribution in [0.4, 0.5) is 10.8 Å². The van der Waals surface area contributed by atoms with E-state index >= 15 is 0 Å². The molecule has 0 saturated carbocycles. The lowest BCUT2D eigenvalue weighted by molar-refractivity contribution is 0.344. The van der Waals surface area contributed by atoms with Crippen LogP contribution in [0.3, 0.4) is 0 Å². The molecule has 18 heavy (non-hydrogen) atoms. The molecule has 0 fully saturated rings. The van der Waals surface area contributed by atoms with Gasteiger partial charge in [0.15, 0.2) is 16.6 Å².